The molecule has 0 aliphatic heterocycles. The van der Waals surface area contributed by atoms with Crippen molar-refractivity contribution in [3.05, 3.63) is 48.3 Å². The smallest absolute Gasteiger partial charge is 0.140 e. The van der Waals surface area contributed by atoms with Crippen molar-refractivity contribution in [2.45, 2.75) is 33.2 Å². The number of rotatable bonds is 2. The number of hydrogen-bond donors (Lipinski definition) is 1. The highest BCUT2D eigenvalue weighted by Gasteiger charge is 2.19. The van der Waals surface area contributed by atoms with Crippen molar-refractivity contribution in [1.82, 2.24) is 14.4 Å². The van der Waals surface area contributed by atoms with Gasteiger partial charge in [0, 0.05) is 17.9 Å². The zero-order valence-electron chi connectivity index (χ0n) is 12.9. The summed E-state index contributed by atoms with van der Waals surface area (Å²) in [6.07, 6.45) is 3.85. The highest BCUT2D eigenvalue weighted by molar-refractivity contribution is 5.74. The standard InChI is InChI=1S/C17H20N4/c1-12-8-10-21-14(11-12)19-15(13-7-5-6-9-18-13)16(21)20-17(2,3)4/h5-11,20H,1-4H3. The van der Waals surface area contributed by atoms with Crippen LogP contribution in [0.2, 0.25) is 0 Å². The van der Waals surface area contributed by atoms with Crippen LogP contribution in [0.15, 0.2) is 42.7 Å². The molecule has 0 radical (unpaired) electrons. The third-order valence-corrected chi connectivity index (χ3v) is 3.18. The monoisotopic (exact) mass is 280 g/mol. The molecule has 0 unspecified atom stereocenters. The van der Waals surface area contributed by atoms with Crippen LogP contribution in [-0.2, 0) is 0 Å². The summed E-state index contributed by atoms with van der Waals surface area (Å²) in [7, 11) is 0. The minimum absolute atomic E-state index is 0.0512. The lowest BCUT2D eigenvalue weighted by molar-refractivity contribution is 0.629. The van der Waals surface area contributed by atoms with Gasteiger partial charge in [0.2, 0.25) is 0 Å². The number of nitrogens with zero attached hydrogens (tertiary/aromatic N) is 3. The Morgan fingerprint density at radius 1 is 1.14 bits per heavy atom. The SMILES string of the molecule is Cc1ccn2c(NC(C)(C)C)c(-c3ccccn3)nc2c1. The summed E-state index contributed by atoms with van der Waals surface area (Å²) < 4.78 is 2.09. The highest BCUT2D eigenvalue weighted by Crippen LogP contribution is 2.29. The maximum absolute atomic E-state index is 4.77. The second-order valence-electron chi connectivity index (χ2n) is 6.33. The van der Waals surface area contributed by atoms with Crippen molar-refractivity contribution in [1.29, 1.82) is 0 Å². The normalized spacial score (nSPS) is 11.8. The first kappa shape index (κ1) is 13.6. The van der Waals surface area contributed by atoms with E-state index in [2.05, 4.69) is 60.7 Å². The molecule has 21 heavy (non-hydrogen) atoms. The molecule has 3 aromatic rings. The van der Waals surface area contributed by atoms with Crippen molar-refractivity contribution in [3.8, 4) is 11.4 Å². The van der Waals surface area contributed by atoms with E-state index in [9.17, 15) is 0 Å². The van der Waals surface area contributed by atoms with Gasteiger partial charge in [0.05, 0.1) is 5.69 Å². The quantitative estimate of drug-likeness (QED) is 0.773. The van der Waals surface area contributed by atoms with Crippen LogP contribution in [0.1, 0.15) is 26.3 Å². The molecule has 0 aliphatic rings. The van der Waals surface area contributed by atoms with E-state index in [4.69, 9.17) is 4.98 Å². The largest absolute Gasteiger partial charge is 0.365 e. The highest BCUT2D eigenvalue weighted by atomic mass is 15.2. The van der Waals surface area contributed by atoms with Crippen molar-refractivity contribution >= 4 is 11.5 Å². The molecule has 108 valence electrons. The molecule has 0 bridgehead atoms. The molecular formula is C17H20N4. The van der Waals surface area contributed by atoms with Gasteiger partial charge in [0.15, 0.2) is 0 Å². The number of imidazole rings is 1. The van der Waals surface area contributed by atoms with E-state index in [1.54, 1.807) is 6.20 Å². The first-order chi connectivity index (χ1) is 9.94. The molecular weight excluding hydrogens is 260 g/mol. The summed E-state index contributed by atoms with van der Waals surface area (Å²) in [4.78, 5) is 9.21. The topological polar surface area (TPSA) is 42.2 Å². The Kier molecular flexibility index (Phi) is 3.16. The Bertz CT molecular complexity index is 767. The average molecular weight is 280 g/mol. The van der Waals surface area contributed by atoms with Gasteiger partial charge in [-0.15, -0.1) is 0 Å². The summed E-state index contributed by atoms with van der Waals surface area (Å²) in [5.74, 6) is 0.983. The molecule has 4 nitrogen and oxygen atoms in total. The predicted molar refractivity (Wildman–Crippen MR) is 86.5 cm³/mol. The molecule has 0 aromatic carbocycles. The summed E-state index contributed by atoms with van der Waals surface area (Å²) in [5, 5.41) is 3.55. The van der Waals surface area contributed by atoms with E-state index >= 15 is 0 Å². The zero-order chi connectivity index (χ0) is 15.0. The first-order valence-electron chi connectivity index (χ1n) is 7.12. The first-order valence-corrected chi connectivity index (χ1v) is 7.12. The van der Waals surface area contributed by atoms with Crippen molar-refractivity contribution < 1.29 is 0 Å². The Labute approximate surface area is 124 Å². The van der Waals surface area contributed by atoms with E-state index in [0.29, 0.717) is 0 Å². The van der Waals surface area contributed by atoms with Gasteiger partial charge in [-0.25, -0.2) is 4.98 Å². The third-order valence-electron chi connectivity index (χ3n) is 3.18. The van der Waals surface area contributed by atoms with E-state index in [1.807, 2.05) is 18.2 Å². The van der Waals surface area contributed by atoms with Gasteiger partial charge in [0.1, 0.15) is 17.2 Å². The van der Waals surface area contributed by atoms with Crippen LogP contribution in [-0.4, -0.2) is 19.9 Å². The molecule has 3 aromatic heterocycles. The number of hydrogen-bond acceptors (Lipinski definition) is 3. The van der Waals surface area contributed by atoms with E-state index in [1.165, 1.54) is 5.56 Å². The van der Waals surface area contributed by atoms with Crippen molar-refractivity contribution in [3.63, 3.8) is 0 Å². The Morgan fingerprint density at radius 3 is 2.62 bits per heavy atom. The van der Waals surface area contributed by atoms with Crippen LogP contribution in [0.5, 0.6) is 0 Å². The summed E-state index contributed by atoms with van der Waals surface area (Å²) in [6.45, 7) is 8.50. The van der Waals surface area contributed by atoms with E-state index in [0.717, 1.165) is 22.9 Å². The summed E-state index contributed by atoms with van der Waals surface area (Å²) >= 11 is 0. The predicted octanol–water partition coefficient (Wildman–Crippen LogP) is 3.92. The van der Waals surface area contributed by atoms with Crippen molar-refractivity contribution in [2.75, 3.05) is 5.32 Å². The molecule has 3 rings (SSSR count). The van der Waals surface area contributed by atoms with Crippen LogP contribution < -0.4 is 5.32 Å². The van der Waals surface area contributed by atoms with Gasteiger partial charge in [-0.1, -0.05) is 6.07 Å². The van der Waals surface area contributed by atoms with Crippen LogP contribution in [0, 0.1) is 6.92 Å². The maximum atomic E-state index is 4.77. The zero-order valence-corrected chi connectivity index (χ0v) is 12.9. The van der Waals surface area contributed by atoms with Gasteiger partial charge in [-0.2, -0.15) is 0 Å². The number of aryl methyl sites for hydroxylation is 1. The lowest BCUT2D eigenvalue weighted by Gasteiger charge is -2.22. The fourth-order valence-corrected chi connectivity index (χ4v) is 2.30. The van der Waals surface area contributed by atoms with Crippen LogP contribution in [0.3, 0.4) is 0 Å². The Morgan fingerprint density at radius 2 is 1.95 bits per heavy atom. The minimum atomic E-state index is -0.0512. The van der Waals surface area contributed by atoms with Gasteiger partial charge >= 0.3 is 0 Å². The molecule has 0 saturated carbocycles. The number of fused-ring (bicyclic) bond motifs is 1. The molecule has 0 atom stereocenters. The lowest BCUT2D eigenvalue weighted by Crippen LogP contribution is -2.27. The third kappa shape index (κ3) is 2.75. The second kappa shape index (κ2) is 4.88. The molecule has 0 aliphatic carbocycles. The van der Waals surface area contributed by atoms with Crippen LogP contribution >= 0.6 is 0 Å². The minimum Gasteiger partial charge on any atom is -0.365 e. The molecule has 0 fully saturated rings. The fraction of sp³-hybridized carbons (Fsp3) is 0.294. The lowest BCUT2D eigenvalue weighted by atomic mass is 10.1. The molecule has 1 N–H and O–H groups in total. The number of pyridine rings is 2. The van der Waals surface area contributed by atoms with Gasteiger partial charge in [-0.05, 0) is 57.5 Å². The molecule has 0 saturated heterocycles. The number of anilines is 1. The van der Waals surface area contributed by atoms with Crippen LogP contribution in [0.25, 0.3) is 17.0 Å². The molecule has 0 amide bonds. The second-order valence-corrected chi connectivity index (χ2v) is 6.33. The summed E-state index contributed by atoms with van der Waals surface area (Å²) in [6, 6.07) is 10.1. The Balaban J connectivity index is 2.25. The fourth-order valence-electron chi connectivity index (χ4n) is 2.30. The van der Waals surface area contributed by atoms with Crippen LogP contribution in [0.4, 0.5) is 5.82 Å². The van der Waals surface area contributed by atoms with E-state index in [-0.39, 0.29) is 5.54 Å². The molecule has 4 heteroatoms. The van der Waals surface area contributed by atoms with Gasteiger partial charge < -0.3 is 5.32 Å². The maximum Gasteiger partial charge on any atom is 0.140 e. The Hall–Kier alpha value is -2.36. The molecule has 0 spiro atoms. The van der Waals surface area contributed by atoms with Gasteiger partial charge in [0.25, 0.3) is 0 Å². The van der Waals surface area contributed by atoms with E-state index < -0.39 is 0 Å². The van der Waals surface area contributed by atoms with Gasteiger partial charge in [-0.3, -0.25) is 9.38 Å². The molecule has 3 heterocycles. The number of aromatic nitrogens is 3. The average Bonchev–Trinajstić information content (AvgIpc) is 2.76. The van der Waals surface area contributed by atoms with Crippen molar-refractivity contribution in [2.24, 2.45) is 0 Å². The summed E-state index contributed by atoms with van der Waals surface area (Å²) in [5.41, 5.74) is 3.84. The number of nitrogens with one attached hydrogen (secondary N) is 1.